The van der Waals surface area contributed by atoms with Gasteiger partial charge in [-0.2, -0.15) is 0 Å². The molecular formula is C14H17NO4. The number of carbonyl (C=O) groups excluding carboxylic acids is 1. The zero-order chi connectivity index (χ0) is 14.0. The van der Waals surface area contributed by atoms with E-state index in [9.17, 15) is 9.59 Å². The third-order valence-electron chi connectivity index (χ3n) is 3.02. The van der Waals surface area contributed by atoms with E-state index in [2.05, 4.69) is 0 Å². The molecule has 1 aliphatic heterocycles. The number of aliphatic carboxylic acids is 1. The normalized spacial score (nSPS) is 17.9. The Kier molecular flexibility index (Phi) is 3.74. The van der Waals surface area contributed by atoms with E-state index < -0.39 is 12.1 Å². The van der Waals surface area contributed by atoms with Gasteiger partial charge in [-0.1, -0.05) is 13.0 Å². The lowest BCUT2D eigenvalue weighted by Gasteiger charge is -2.34. The van der Waals surface area contributed by atoms with Gasteiger partial charge in [0.05, 0.1) is 12.1 Å². The second kappa shape index (κ2) is 5.30. The van der Waals surface area contributed by atoms with Gasteiger partial charge in [0.25, 0.3) is 5.91 Å². The van der Waals surface area contributed by atoms with Crippen LogP contribution in [0.3, 0.4) is 0 Å². The Hall–Kier alpha value is -2.04. The third-order valence-corrected chi connectivity index (χ3v) is 3.02. The molecule has 0 fully saturated rings. The maximum atomic E-state index is 12.3. The van der Waals surface area contributed by atoms with E-state index in [1.807, 2.05) is 26.0 Å². The number of hydrogen-bond donors (Lipinski definition) is 1. The average Bonchev–Trinajstić information content (AvgIpc) is 2.35. The fraction of sp³-hybridized carbons (Fsp3) is 0.429. The van der Waals surface area contributed by atoms with Crippen LogP contribution in [0.4, 0.5) is 5.69 Å². The lowest BCUT2D eigenvalue weighted by Crippen LogP contribution is -2.47. The molecule has 0 spiro atoms. The molecule has 0 saturated carbocycles. The highest BCUT2D eigenvalue weighted by Gasteiger charge is 2.35. The van der Waals surface area contributed by atoms with Gasteiger partial charge in [-0.3, -0.25) is 9.59 Å². The smallest absolute Gasteiger partial charge is 0.307 e. The molecular weight excluding hydrogens is 246 g/mol. The first-order valence-electron chi connectivity index (χ1n) is 6.33. The number of carbonyl (C=O) groups is 2. The van der Waals surface area contributed by atoms with E-state index in [0.717, 1.165) is 17.7 Å². The van der Waals surface area contributed by atoms with Crippen molar-refractivity contribution in [2.24, 2.45) is 0 Å². The van der Waals surface area contributed by atoms with Crippen molar-refractivity contribution in [2.75, 3.05) is 11.4 Å². The summed E-state index contributed by atoms with van der Waals surface area (Å²) < 4.78 is 5.51. The second-order valence-electron chi connectivity index (χ2n) is 4.67. The summed E-state index contributed by atoms with van der Waals surface area (Å²) >= 11 is 0. The molecule has 1 amide bonds. The van der Waals surface area contributed by atoms with Crippen molar-refractivity contribution in [3.63, 3.8) is 0 Å². The Morgan fingerprint density at radius 3 is 2.84 bits per heavy atom. The number of aryl methyl sites for hydroxylation is 1. The Morgan fingerprint density at radius 1 is 1.47 bits per heavy atom. The molecule has 0 radical (unpaired) electrons. The first-order chi connectivity index (χ1) is 9.02. The summed E-state index contributed by atoms with van der Waals surface area (Å²) in [5, 5.41) is 8.84. The number of nitrogens with zero attached hydrogens (tertiary/aromatic N) is 1. The standard InChI is InChI=1S/C14H17NO4/c1-3-6-15-10-7-9(2)4-5-11(10)19-12(14(15)18)8-13(16)17/h4-5,7,12H,3,6,8H2,1-2H3,(H,16,17). The van der Waals surface area contributed by atoms with E-state index >= 15 is 0 Å². The van der Waals surface area contributed by atoms with E-state index in [1.54, 1.807) is 11.0 Å². The summed E-state index contributed by atoms with van der Waals surface area (Å²) in [6.45, 7) is 4.48. The predicted octanol–water partition coefficient (Wildman–Crippen LogP) is 1.97. The molecule has 1 heterocycles. The van der Waals surface area contributed by atoms with Gasteiger partial charge in [0.15, 0.2) is 6.10 Å². The van der Waals surface area contributed by atoms with Crippen molar-refractivity contribution < 1.29 is 19.4 Å². The maximum Gasteiger partial charge on any atom is 0.307 e. The first-order valence-corrected chi connectivity index (χ1v) is 6.33. The summed E-state index contributed by atoms with van der Waals surface area (Å²) in [5.74, 6) is -0.738. The molecule has 102 valence electrons. The van der Waals surface area contributed by atoms with Crippen molar-refractivity contribution >= 4 is 17.6 Å². The van der Waals surface area contributed by atoms with Crippen LogP contribution in [0.2, 0.25) is 0 Å². The summed E-state index contributed by atoms with van der Waals surface area (Å²) in [6.07, 6.45) is -0.440. The number of carboxylic acids is 1. The van der Waals surface area contributed by atoms with E-state index in [0.29, 0.717) is 12.3 Å². The zero-order valence-corrected chi connectivity index (χ0v) is 11.0. The molecule has 5 nitrogen and oxygen atoms in total. The number of anilines is 1. The highest BCUT2D eigenvalue weighted by atomic mass is 16.5. The number of hydrogen-bond acceptors (Lipinski definition) is 3. The van der Waals surface area contributed by atoms with E-state index in [-0.39, 0.29) is 12.3 Å². The molecule has 0 saturated heterocycles. The first kappa shape index (κ1) is 13.4. The fourth-order valence-corrected chi connectivity index (χ4v) is 2.18. The molecule has 19 heavy (non-hydrogen) atoms. The van der Waals surface area contributed by atoms with Crippen molar-refractivity contribution in [1.29, 1.82) is 0 Å². The van der Waals surface area contributed by atoms with Gasteiger partial charge in [-0.05, 0) is 31.0 Å². The van der Waals surface area contributed by atoms with Gasteiger partial charge in [0.2, 0.25) is 0 Å². The van der Waals surface area contributed by atoms with Crippen LogP contribution in [0, 0.1) is 6.92 Å². The Labute approximate surface area is 111 Å². The van der Waals surface area contributed by atoms with Gasteiger partial charge in [-0.15, -0.1) is 0 Å². The molecule has 5 heteroatoms. The van der Waals surface area contributed by atoms with E-state index in [1.165, 1.54) is 0 Å². The van der Waals surface area contributed by atoms with Crippen LogP contribution in [-0.4, -0.2) is 29.6 Å². The topological polar surface area (TPSA) is 66.8 Å². The molecule has 1 atom stereocenters. The molecule has 1 unspecified atom stereocenters. The highest BCUT2D eigenvalue weighted by molar-refractivity contribution is 6.01. The zero-order valence-electron chi connectivity index (χ0n) is 11.0. The number of fused-ring (bicyclic) bond motifs is 1. The van der Waals surface area contributed by atoms with Crippen molar-refractivity contribution in [3.8, 4) is 5.75 Å². The van der Waals surface area contributed by atoms with Crippen LogP contribution in [0.1, 0.15) is 25.3 Å². The van der Waals surface area contributed by atoms with Crippen molar-refractivity contribution in [3.05, 3.63) is 23.8 Å². The van der Waals surface area contributed by atoms with Crippen molar-refractivity contribution in [1.82, 2.24) is 0 Å². The van der Waals surface area contributed by atoms with Crippen LogP contribution in [0.15, 0.2) is 18.2 Å². The van der Waals surface area contributed by atoms with Crippen LogP contribution < -0.4 is 9.64 Å². The molecule has 2 rings (SSSR count). The Balaban J connectivity index is 2.38. The number of amides is 1. The number of benzene rings is 1. The van der Waals surface area contributed by atoms with Gasteiger partial charge < -0.3 is 14.7 Å². The van der Waals surface area contributed by atoms with Crippen LogP contribution in [0.5, 0.6) is 5.75 Å². The minimum Gasteiger partial charge on any atom is -0.481 e. The van der Waals surface area contributed by atoms with Gasteiger partial charge in [0.1, 0.15) is 5.75 Å². The minimum atomic E-state index is -1.04. The number of rotatable bonds is 4. The summed E-state index contributed by atoms with van der Waals surface area (Å²) in [7, 11) is 0. The van der Waals surface area contributed by atoms with Crippen LogP contribution >= 0.6 is 0 Å². The summed E-state index contributed by atoms with van der Waals surface area (Å²) in [4.78, 5) is 24.7. The van der Waals surface area contributed by atoms with Crippen molar-refractivity contribution in [2.45, 2.75) is 32.8 Å². The lowest BCUT2D eigenvalue weighted by molar-refractivity contribution is -0.142. The maximum absolute atomic E-state index is 12.3. The number of ether oxygens (including phenoxy) is 1. The van der Waals surface area contributed by atoms with Gasteiger partial charge >= 0.3 is 5.97 Å². The molecule has 1 aromatic rings. The Morgan fingerprint density at radius 2 is 2.21 bits per heavy atom. The molecule has 0 bridgehead atoms. The summed E-state index contributed by atoms with van der Waals surface area (Å²) in [5.41, 5.74) is 1.77. The highest BCUT2D eigenvalue weighted by Crippen LogP contribution is 2.35. The molecule has 1 aromatic carbocycles. The van der Waals surface area contributed by atoms with Crippen LogP contribution in [-0.2, 0) is 9.59 Å². The average molecular weight is 263 g/mol. The van der Waals surface area contributed by atoms with Crippen LogP contribution in [0.25, 0.3) is 0 Å². The molecule has 0 aliphatic carbocycles. The molecule has 1 aliphatic rings. The lowest BCUT2D eigenvalue weighted by atomic mass is 10.1. The predicted molar refractivity (Wildman–Crippen MR) is 70.5 cm³/mol. The largest absolute Gasteiger partial charge is 0.481 e. The quantitative estimate of drug-likeness (QED) is 0.902. The van der Waals surface area contributed by atoms with Gasteiger partial charge in [0, 0.05) is 6.54 Å². The van der Waals surface area contributed by atoms with E-state index in [4.69, 9.17) is 9.84 Å². The third kappa shape index (κ3) is 2.70. The number of carboxylic acid groups (broad SMARTS) is 1. The minimum absolute atomic E-state index is 0.276. The molecule has 0 aromatic heterocycles. The fourth-order valence-electron chi connectivity index (χ4n) is 2.18. The SMILES string of the molecule is CCCN1C(=O)C(CC(=O)O)Oc2ccc(C)cc21. The summed E-state index contributed by atoms with van der Waals surface area (Å²) in [6, 6.07) is 5.56. The Bertz CT molecular complexity index is 512. The van der Waals surface area contributed by atoms with Gasteiger partial charge in [-0.25, -0.2) is 0 Å². The molecule has 1 N–H and O–H groups in total. The second-order valence-corrected chi connectivity index (χ2v) is 4.67. The monoisotopic (exact) mass is 263 g/mol.